The second-order valence-corrected chi connectivity index (χ2v) is 6.42. The molecule has 3 aromatic heterocycles. The number of benzene rings is 1. The molecule has 8 nitrogen and oxygen atoms in total. The van der Waals surface area contributed by atoms with Crippen molar-refractivity contribution in [1.82, 2.24) is 25.0 Å². The topological polar surface area (TPSA) is 98.2 Å². The predicted molar refractivity (Wildman–Crippen MR) is 94.8 cm³/mol. The van der Waals surface area contributed by atoms with Crippen LogP contribution in [0.15, 0.2) is 57.8 Å². The number of carbonyl (C=O) groups excluding carboxylic acids is 1. The summed E-state index contributed by atoms with van der Waals surface area (Å²) in [5.74, 6) is 1.35. The molecule has 1 unspecified atom stereocenters. The van der Waals surface area contributed by atoms with E-state index in [4.69, 9.17) is 8.94 Å². The molecule has 0 aliphatic carbocycles. The number of carbonyl (C=O) groups is 1. The highest BCUT2D eigenvalue weighted by molar-refractivity contribution is 5.94. The summed E-state index contributed by atoms with van der Waals surface area (Å²) in [5.41, 5.74) is 1.82. The SMILES string of the molecule is O=C(c1cnc2ccccc2n1)N1CCC(c2noc(-c3ccco3)n2)C1. The summed E-state index contributed by atoms with van der Waals surface area (Å²) in [6.45, 7) is 1.13. The van der Waals surface area contributed by atoms with Gasteiger partial charge in [-0.1, -0.05) is 17.3 Å². The van der Waals surface area contributed by atoms with E-state index in [2.05, 4.69) is 20.1 Å². The van der Waals surface area contributed by atoms with E-state index in [0.717, 1.165) is 11.9 Å². The summed E-state index contributed by atoms with van der Waals surface area (Å²) < 4.78 is 10.5. The molecule has 1 aliphatic heterocycles. The summed E-state index contributed by atoms with van der Waals surface area (Å²) >= 11 is 0. The first-order chi connectivity index (χ1) is 13.3. The second kappa shape index (κ2) is 6.31. The summed E-state index contributed by atoms with van der Waals surface area (Å²) in [7, 11) is 0. The third-order valence-corrected chi connectivity index (χ3v) is 4.68. The summed E-state index contributed by atoms with van der Waals surface area (Å²) in [5, 5.41) is 4.05. The lowest BCUT2D eigenvalue weighted by Gasteiger charge is -2.15. The number of likely N-dealkylation sites (tertiary alicyclic amines) is 1. The number of hydrogen-bond acceptors (Lipinski definition) is 7. The fourth-order valence-corrected chi connectivity index (χ4v) is 3.28. The van der Waals surface area contributed by atoms with Gasteiger partial charge in [-0.2, -0.15) is 4.98 Å². The number of furan rings is 1. The number of rotatable bonds is 3. The van der Waals surface area contributed by atoms with Gasteiger partial charge in [0.25, 0.3) is 11.8 Å². The van der Waals surface area contributed by atoms with Gasteiger partial charge < -0.3 is 13.8 Å². The Kier molecular flexibility index (Phi) is 3.67. The standard InChI is InChI=1S/C19H15N5O3/c25-19(15-10-20-13-4-1-2-5-14(13)21-15)24-8-7-12(11-24)17-22-18(27-23-17)16-6-3-9-26-16/h1-6,9-10,12H,7-8,11H2. The number of fused-ring (bicyclic) bond motifs is 1. The van der Waals surface area contributed by atoms with Crippen LogP contribution in [0.3, 0.4) is 0 Å². The number of para-hydroxylation sites is 2. The Bertz CT molecular complexity index is 1110. The van der Waals surface area contributed by atoms with Gasteiger partial charge in [-0.05, 0) is 30.7 Å². The van der Waals surface area contributed by atoms with Gasteiger partial charge in [0.05, 0.1) is 23.5 Å². The van der Waals surface area contributed by atoms with Gasteiger partial charge >= 0.3 is 0 Å². The summed E-state index contributed by atoms with van der Waals surface area (Å²) in [4.78, 5) is 27.7. The molecule has 1 amide bonds. The van der Waals surface area contributed by atoms with Crippen LogP contribution in [0, 0.1) is 0 Å². The van der Waals surface area contributed by atoms with Crippen LogP contribution in [-0.4, -0.2) is 44.0 Å². The third kappa shape index (κ3) is 2.84. The van der Waals surface area contributed by atoms with Gasteiger partial charge in [-0.3, -0.25) is 9.78 Å². The Hall–Kier alpha value is -3.55. The number of aromatic nitrogens is 4. The molecule has 1 atom stereocenters. The van der Waals surface area contributed by atoms with Gasteiger partial charge in [-0.15, -0.1) is 0 Å². The number of amides is 1. The Balaban J connectivity index is 1.33. The first-order valence-corrected chi connectivity index (χ1v) is 8.66. The van der Waals surface area contributed by atoms with Crippen molar-refractivity contribution in [3.05, 3.63) is 60.4 Å². The van der Waals surface area contributed by atoms with Crippen LogP contribution < -0.4 is 0 Å². The maximum Gasteiger partial charge on any atom is 0.293 e. The monoisotopic (exact) mass is 361 g/mol. The average Bonchev–Trinajstić information content (AvgIpc) is 3.47. The quantitative estimate of drug-likeness (QED) is 0.553. The predicted octanol–water partition coefficient (Wildman–Crippen LogP) is 2.90. The molecule has 4 heterocycles. The van der Waals surface area contributed by atoms with E-state index in [9.17, 15) is 4.79 Å². The van der Waals surface area contributed by atoms with Gasteiger partial charge in [0, 0.05) is 19.0 Å². The number of nitrogens with zero attached hydrogens (tertiary/aromatic N) is 5. The van der Waals surface area contributed by atoms with Gasteiger partial charge in [-0.25, -0.2) is 4.98 Å². The largest absolute Gasteiger partial charge is 0.459 e. The molecule has 0 radical (unpaired) electrons. The van der Waals surface area contributed by atoms with Crippen molar-refractivity contribution in [2.24, 2.45) is 0 Å². The smallest absolute Gasteiger partial charge is 0.293 e. The Labute approximate surface area is 153 Å². The maximum atomic E-state index is 12.8. The highest BCUT2D eigenvalue weighted by Crippen LogP contribution is 2.28. The van der Waals surface area contributed by atoms with Crippen LogP contribution in [0.1, 0.15) is 28.7 Å². The first kappa shape index (κ1) is 15.7. The van der Waals surface area contributed by atoms with E-state index in [1.54, 1.807) is 23.3 Å². The van der Waals surface area contributed by atoms with Crippen LogP contribution >= 0.6 is 0 Å². The van der Waals surface area contributed by atoms with Crippen LogP contribution in [0.2, 0.25) is 0 Å². The minimum absolute atomic E-state index is 0.0230. The molecule has 8 heteroatoms. The zero-order chi connectivity index (χ0) is 18.2. The first-order valence-electron chi connectivity index (χ1n) is 8.66. The maximum absolute atomic E-state index is 12.8. The van der Waals surface area contributed by atoms with Gasteiger partial charge in [0.2, 0.25) is 0 Å². The van der Waals surface area contributed by atoms with Crippen molar-refractivity contribution in [2.45, 2.75) is 12.3 Å². The summed E-state index contributed by atoms with van der Waals surface area (Å²) in [6, 6.07) is 11.0. The van der Waals surface area contributed by atoms with Crippen LogP contribution in [0.4, 0.5) is 0 Å². The van der Waals surface area contributed by atoms with Crippen molar-refractivity contribution in [2.75, 3.05) is 13.1 Å². The number of hydrogen-bond donors (Lipinski definition) is 0. The summed E-state index contributed by atoms with van der Waals surface area (Å²) in [6.07, 6.45) is 3.85. The van der Waals surface area contributed by atoms with Crippen LogP contribution in [0.5, 0.6) is 0 Å². The highest BCUT2D eigenvalue weighted by Gasteiger charge is 2.32. The van der Waals surface area contributed by atoms with Gasteiger partial charge in [0.15, 0.2) is 11.6 Å². The van der Waals surface area contributed by atoms with Crippen molar-refractivity contribution >= 4 is 16.9 Å². The molecule has 27 heavy (non-hydrogen) atoms. The zero-order valence-electron chi connectivity index (χ0n) is 14.3. The highest BCUT2D eigenvalue weighted by atomic mass is 16.5. The van der Waals surface area contributed by atoms with Crippen molar-refractivity contribution in [1.29, 1.82) is 0 Å². The molecule has 1 aromatic carbocycles. The molecule has 0 N–H and O–H groups in total. The minimum Gasteiger partial charge on any atom is -0.459 e. The molecule has 1 saturated heterocycles. The minimum atomic E-state index is -0.134. The molecule has 134 valence electrons. The van der Waals surface area contributed by atoms with E-state index in [1.807, 2.05) is 24.3 Å². The molecule has 0 spiro atoms. The molecule has 0 saturated carbocycles. The Morgan fingerprint density at radius 1 is 1.11 bits per heavy atom. The van der Waals surface area contributed by atoms with E-state index >= 15 is 0 Å². The molecule has 0 bridgehead atoms. The van der Waals surface area contributed by atoms with Crippen LogP contribution in [0.25, 0.3) is 22.7 Å². The lowest BCUT2D eigenvalue weighted by atomic mass is 10.1. The normalized spacial score (nSPS) is 16.9. The Morgan fingerprint density at radius 3 is 2.85 bits per heavy atom. The van der Waals surface area contributed by atoms with Crippen molar-refractivity contribution in [3.8, 4) is 11.7 Å². The van der Waals surface area contributed by atoms with Gasteiger partial charge in [0.1, 0.15) is 5.69 Å². The molecule has 1 fully saturated rings. The van der Waals surface area contributed by atoms with Crippen LogP contribution in [-0.2, 0) is 0 Å². The fourth-order valence-electron chi connectivity index (χ4n) is 3.28. The zero-order valence-corrected chi connectivity index (χ0v) is 14.3. The lowest BCUT2D eigenvalue weighted by molar-refractivity contribution is 0.0784. The molecule has 4 aromatic rings. The second-order valence-electron chi connectivity index (χ2n) is 6.42. The third-order valence-electron chi connectivity index (χ3n) is 4.68. The van der Waals surface area contributed by atoms with Crippen molar-refractivity contribution in [3.63, 3.8) is 0 Å². The molecular weight excluding hydrogens is 346 g/mol. The average molecular weight is 361 g/mol. The molecule has 1 aliphatic rings. The van der Waals surface area contributed by atoms with Crippen molar-refractivity contribution < 1.29 is 13.7 Å². The molecular formula is C19H15N5O3. The van der Waals surface area contributed by atoms with E-state index < -0.39 is 0 Å². The van der Waals surface area contributed by atoms with E-state index in [1.165, 1.54) is 6.20 Å². The molecule has 5 rings (SSSR count). The fraction of sp³-hybridized carbons (Fsp3) is 0.211. The lowest BCUT2D eigenvalue weighted by Crippen LogP contribution is -2.29. The van der Waals surface area contributed by atoms with E-state index in [0.29, 0.717) is 41.8 Å². The Morgan fingerprint density at radius 2 is 2.00 bits per heavy atom. The van der Waals surface area contributed by atoms with E-state index in [-0.39, 0.29) is 11.8 Å².